The lowest BCUT2D eigenvalue weighted by Gasteiger charge is -2.35. The molecule has 0 spiro atoms. The van der Waals surface area contributed by atoms with E-state index >= 15 is 0 Å². The van der Waals surface area contributed by atoms with Crippen LogP contribution in [0, 0.1) is 13.8 Å². The summed E-state index contributed by atoms with van der Waals surface area (Å²) in [5.74, 6) is 0.332. The normalized spacial score (nSPS) is 20.6. The summed E-state index contributed by atoms with van der Waals surface area (Å²) in [5.41, 5.74) is 0.992. The van der Waals surface area contributed by atoms with E-state index in [0.717, 1.165) is 15.3 Å². The number of ether oxygens (including phenoxy) is 1. The standard InChI is InChI=1S/C19H27N3O3S2/c1-10(2)22-18(24)16-13(5)14(6)27-17(16)20-19(22)26-9-15(23)21-7-11(3)25-12(4)8-21/h10-12H,7-9H2,1-6H3/t11-,12-/m1/s1. The van der Waals surface area contributed by atoms with Gasteiger partial charge in [-0.3, -0.25) is 14.2 Å². The topological polar surface area (TPSA) is 64.4 Å². The number of thioether (sulfide) groups is 1. The Morgan fingerprint density at radius 2 is 1.93 bits per heavy atom. The van der Waals surface area contributed by atoms with Gasteiger partial charge in [0.15, 0.2) is 5.16 Å². The Labute approximate surface area is 167 Å². The third-order valence-corrected chi connectivity index (χ3v) is 6.85. The van der Waals surface area contributed by atoms with E-state index in [1.54, 1.807) is 15.9 Å². The third-order valence-electron chi connectivity index (χ3n) is 4.82. The first-order valence-corrected chi connectivity index (χ1v) is 11.1. The fourth-order valence-electron chi connectivity index (χ4n) is 3.44. The molecule has 1 aliphatic heterocycles. The molecule has 0 aliphatic carbocycles. The van der Waals surface area contributed by atoms with E-state index in [1.807, 2.05) is 46.4 Å². The van der Waals surface area contributed by atoms with Crippen LogP contribution in [0.4, 0.5) is 0 Å². The number of morpholine rings is 1. The van der Waals surface area contributed by atoms with Crippen LogP contribution < -0.4 is 5.56 Å². The van der Waals surface area contributed by atoms with Crippen LogP contribution in [0.5, 0.6) is 0 Å². The Morgan fingerprint density at radius 1 is 1.30 bits per heavy atom. The lowest BCUT2D eigenvalue weighted by Crippen LogP contribution is -2.48. The Hall–Kier alpha value is -1.38. The zero-order chi connectivity index (χ0) is 19.9. The molecule has 2 atom stereocenters. The molecule has 1 aliphatic rings. The van der Waals surface area contributed by atoms with Gasteiger partial charge in [-0.15, -0.1) is 11.3 Å². The van der Waals surface area contributed by atoms with E-state index in [1.165, 1.54) is 11.8 Å². The number of amides is 1. The molecule has 0 N–H and O–H groups in total. The molecule has 1 amide bonds. The zero-order valence-corrected chi connectivity index (χ0v) is 18.4. The van der Waals surface area contributed by atoms with Crippen LogP contribution in [0.3, 0.4) is 0 Å². The zero-order valence-electron chi connectivity index (χ0n) is 16.7. The van der Waals surface area contributed by atoms with E-state index in [4.69, 9.17) is 9.72 Å². The Bertz CT molecular complexity index is 909. The summed E-state index contributed by atoms with van der Waals surface area (Å²) >= 11 is 2.89. The summed E-state index contributed by atoms with van der Waals surface area (Å²) in [5, 5.41) is 1.32. The third kappa shape index (κ3) is 4.07. The van der Waals surface area contributed by atoms with Crippen molar-refractivity contribution < 1.29 is 9.53 Å². The molecule has 0 aromatic carbocycles. The van der Waals surface area contributed by atoms with Crippen LogP contribution in [0.25, 0.3) is 10.2 Å². The molecular formula is C19H27N3O3S2. The van der Waals surface area contributed by atoms with Crippen molar-refractivity contribution in [2.24, 2.45) is 0 Å². The van der Waals surface area contributed by atoms with Gasteiger partial charge in [0.05, 0.1) is 23.3 Å². The van der Waals surface area contributed by atoms with Crippen molar-refractivity contribution >= 4 is 39.2 Å². The fourth-order valence-corrected chi connectivity index (χ4v) is 5.55. The molecule has 0 bridgehead atoms. The molecule has 0 radical (unpaired) electrons. The number of aromatic nitrogens is 2. The average molecular weight is 410 g/mol. The molecule has 1 fully saturated rings. The molecule has 27 heavy (non-hydrogen) atoms. The monoisotopic (exact) mass is 409 g/mol. The van der Waals surface area contributed by atoms with Crippen LogP contribution in [0.1, 0.15) is 44.2 Å². The summed E-state index contributed by atoms with van der Waals surface area (Å²) in [6.07, 6.45) is 0.0891. The summed E-state index contributed by atoms with van der Waals surface area (Å²) in [6, 6.07) is -0.0185. The minimum absolute atomic E-state index is 0.0135. The maximum absolute atomic E-state index is 13.1. The number of thiophene rings is 1. The van der Waals surface area contributed by atoms with Crippen molar-refractivity contribution in [3.8, 4) is 0 Å². The van der Waals surface area contributed by atoms with Crippen LogP contribution in [-0.2, 0) is 9.53 Å². The predicted molar refractivity (Wildman–Crippen MR) is 111 cm³/mol. The molecule has 0 unspecified atom stereocenters. The Balaban J connectivity index is 1.87. The summed E-state index contributed by atoms with van der Waals surface area (Å²) in [6.45, 7) is 13.1. The highest BCUT2D eigenvalue weighted by atomic mass is 32.2. The van der Waals surface area contributed by atoms with Crippen LogP contribution in [0.15, 0.2) is 9.95 Å². The van der Waals surface area contributed by atoms with Crippen molar-refractivity contribution in [2.45, 2.75) is 64.9 Å². The summed E-state index contributed by atoms with van der Waals surface area (Å²) in [7, 11) is 0. The van der Waals surface area contributed by atoms with Gasteiger partial charge in [-0.1, -0.05) is 11.8 Å². The second-order valence-corrected chi connectivity index (χ2v) is 9.62. The van der Waals surface area contributed by atoms with Gasteiger partial charge in [0.2, 0.25) is 5.91 Å². The summed E-state index contributed by atoms with van der Waals surface area (Å²) in [4.78, 5) is 34.2. The molecule has 3 rings (SSSR count). The van der Waals surface area contributed by atoms with Gasteiger partial charge in [0.1, 0.15) is 4.83 Å². The van der Waals surface area contributed by atoms with Crippen molar-refractivity contribution in [1.82, 2.24) is 14.5 Å². The van der Waals surface area contributed by atoms with E-state index in [-0.39, 0.29) is 35.5 Å². The molecule has 2 aromatic heterocycles. The molecule has 0 saturated carbocycles. The van der Waals surface area contributed by atoms with Gasteiger partial charge in [0, 0.05) is 24.0 Å². The Kier molecular flexibility index (Phi) is 5.98. The van der Waals surface area contributed by atoms with Crippen molar-refractivity contribution in [1.29, 1.82) is 0 Å². The second-order valence-electron chi connectivity index (χ2n) is 7.47. The first kappa shape index (κ1) is 20.4. The number of fused-ring (bicyclic) bond motifs is 1. The number of carbonyl (C=O) groups is 1. The molecule has 6 nitrogen and oxygen atoms in total. The van der Waals surface area contributed by atoms with Gasteiger partial charge in [-0.05, 0) is 47.1 Å². The molecule has 8 heteroatoms. The second kappa shape index (κ2) is 7.93. The fraction of sp³-hybridized carbons (Fsp3) is 0.632. The molecule has 148 valence electrons. The first-order chi connectivity index (χ1) is 12.7. The molecular weight excluding hydrogens is 382 g/mol. The van der Waals surface area contributed by atoms with Crippen molar-refractivity contribution in [2.75, 3.05) is 18.8 Å². The van der Waals surface area contributed by atoms with Crippen LogP contribution in [-0.4, -0.2) is 51.4 Å². The maximum atomic E-state index is 13.1. The SMILES string of the molecule is Cc1sc2nc(SCC(=O)N3C[C@@H](C)O[C@H](C)C3)n(C(C)C)c(=O)c2c1C. The highest BCUT2D eigenvalue weighted by Gasteiger charge is 2.26. The number of hydrogen-bond acceptors (Lipinski definition) is 6. The first-order valence-electron chi connectivity index (χ1n) is 9.27. The predicted octanol–water partition coefficient (Wildman–Crippen LogP) is 3.38. The van der Waals surface area contributed by atoms with Crippen molar-refractivity contribution in [3.05, 3.63) is 20.8 Å². The largest absolute Gasteiger partial charge is 0.372 e. The van der Waals surface area contributed by atoms with Gasteiger partial charge in [0.25, 0.3) is 5.56 Å². The molecule has 2 aromatic rings. The van der Waals surface area contributed by atoms with E-state index < -0.39 is 0 Å². The van der Waals surface area contributed by atoms with Crippen LogP contribution >= 0.6 is 23.1 Å². The highest BCUT2D eigenvalue weighted by molar-refractivity contribution is 7.99. The number of carbonyl (C=O) groups excluding carboxylic acids is 1. The molecule has 1 saturated heterocycles. The lowest BCUT2D eigenvalue weighted by molar-refractivity contribution is -0.140. The minimum Gasteiger partial charge on any atom is -0.372 e. The van der Waals surface area contributed by atoms with E-state index in [0.29, 0.717) is 23.6 Å². The van der Waals surface area contributed by atoms with Gasteiger partial charge < -0.3 is 9.64 Å². The van der Waals surface area contributed by atoms with Gasteiger partial charge >= 0.3 is 0 Å². The Morgan fingerprint density at radius 3 is 2.52 bits per heavy atom. The number of nitrogens with zero attached hydrogens (tertiary/aromatic N) is 3. The number of rotatable bonds is 4. The van der Waals surface area contributed by atoms with Crippen LogP contribution in [0.2, 0.25) is 0 Å². The van der Waals surface area contributed by atoms with E-state index in [9.17, 15) is 9.59 Å². The quantitative estimate of drug-likeness (QED) is 0.572. The maximum Gasteiger partial charge on any atom is 0.263 e. The van der Waals surface area contributed by atoms with Gasteiger partial charge in [-0.2, -0.15) is 0 Å². The average Bonchev–Trinajstić information content (AvgIpc) is 2.85. The summed E-state index contributed by atoms with van der Waals surface area (Å²) < 4.78 is 7.41. The highest BCUT2D eigenvalue weighted by Crippen LogP contribution is 2.29. The lowest BCUT2D eigenvalue weighted by atomic mass is 10.2. The molecule has 3 heterocycles. The minimum atomic E-state index is -0.0185. The van der Waals surface area contributed by atoms with Gasteiger partial charge in [-0.25, -0.2) is 4.98 Å². The number of aryl methyl sites for hydroxylation is 2. The van der Waals surface area contributed by atoms with Crippen molar-refractivity contribution in [3.63, 3.8) is 0 Å². The van der Waals surface area contributed by atoms with E-state index in [2.05, 4.69) is 0 Å². The smallest absolute Gasteiger partial charge is 0.263 e. The number of hydrogen-bond donors (Lipinski definition) is 0.